The molecule has 0 saturated heterocycles. The average Bonchev–Trinajstić information content (AvgIpc) is 2.48. The minimum absolute atomic E-state index is 0.0953. The van der Waals surface area contributed by atoms with E-state index in [0.29, 0.717) is 27.5 Å². The third-order valence-corrected chi connectivity index (χ3v) is 3.63. The van der Waals surface area contributed by atoms with E-state index in [1.165, 1.54) is 0 Å². The number of amides is 1. The number of methoxy groups -OCH3 is 1. The van der Waals surface area contributed by atoms with Crippen LogP contribution in [0.25, 0.3) is 0 Å². The molecular formula is C16H16ClNO3. The van der Waals surface area contributed by atoms with E-state index >= 15 is 0 Å². The maximum Gasteiger partial charge on any atom is 0.251 e. The zero-order valence-corrected chi connectivity index (χ0v) is 12.6. The predicted octanol–water partition coefficient (Wildman–Crippen LogP) is 3.29. The summed E-state index contributed by atoms with van der Waals surface area (Å²) in [4.78, 5) is 12.2. The molecule has 0 heterocycles. The summed E-state index contributed by atoms with van der Waals surface area (Å²) in [5, 5.41) is 13.0. The molecule has 2 N–H and O–H groups in total. The van der Waals surface area contributed by atoms with Gasteiger partial charge < -0.3 is 15.2 Å². The molecule has 0 radical (unpaired) electrons. The first-order chi connectivity index (χ1) is 10.0. The molecule has 2 aromatic rings. The number of carbonyl (C=O) groups is 1. The van der Waals surface area contributed by atoms with Gasteiger partial charge in [-0.3, -0.25) is 4.79 Å². The molecule has 0 atom stereocenters. The largest absolute Gasteiger partial charge is 0.508 e. The molecule has 2 aromatic carbocycles. The van der Waals surface area contributed by atoms with Crippen molar-refractivity contribution in [3.05, 3.63) is 58.1 Å². The molecule has 21 heavy (non-hydrogen) atoms. The number of ether oxygens (including phenoxy) is 1. The Morgan fingerprint density at radius 2 is 2.00 bits per heavy atom. The fourth-order valence-corrected chi connectivity index (χ4v) is 2.27. The molecule has 0 spiro atoms. The second-order valence-corrected chi connectivity index (χ2v) is 4.96. The fraction of sp³-hybridized carbons (Fsp3) is 0.188. The van der Waals surface area contributed by atoms with Gasteiger partial charge in [-0.1, -0.05) is 23.7 Å². The van der Waals surface area contributed by atoms with Crippen LogP contribution >= 0.6 is 11.6 Å². The molecule has 2 rings (SSSR count). The average molecular weight is 306 g/mol. The molecule has 4 nitrogen and oxygen atoms in total. The van der Waals surface area contributed by atoms with E-state index in [1.807, 2.05) is 0 Å². The first kappa shape index (κ1) is 15.2. The van der Waals surface area contributed by atoms with Crippen LogP contribution in [-0.4, -0.2) is 18.1 Å². The lowest BCUT2D eigenvalue weighted by molar-refractivity contribution is 0.0949. The van der Waals surface area contributed by atoms with Crippen LogP contribution in [0.1, 0.15) is 21.5 Å². The summed E-state index contributed by atoms with van der Waals surface area (Å²) in [6.07, 6.45) is 0. The third-order valence-electron chi connectivity index (χ3n) is 3.27. The van der Waals surface area contributed by atoms with Crippen molar-refractivity contribution in [3.63, 3.8) is 0 Å². The van der Waals surface area contributed by atoms with E-state index in [4.69, 9.17) is 16.3 Å². The number of benzene rings is 2. The van der Waals surface area contributed by atoms with Crippen LogP contribution in [0.15, 0.2) is 36.4 Å². The Labute approximate surface area is 128 Å². The number of phenolic OH excluding ortho intramolecular Hbond substituents is 1. The van der Waals surface area contributed by atoms with Gasteiger partial charge in [-0.05, 0) is 31.2 Å². The van der Waals surface area contributed by atoms with E-state index < -0.39 is 0 Å². The van der Waals surface area contributed by atoms with Crippen LogP contribution in [-0.2, 0) is 6.54 Å². The molecule has 0 aliphatic heterocycles. The van der Waals surface area contributed by atoms with Crippen molar-refractivity contribution in [2.24, 2.45) is 0 Å². The molecule has 0 fully saturated rings. The van der Waals surface area contributed by atoms with Crippen LogP contribution in [0.3, 0.4) is 0 Å². The van der Waals surface area contributed by atoms with E-state index in [-0.39, 0.29) is 18.2 Å². The molecule has 0 unspecified atom stereocenters. The highest BCUT2D eigenvalue weighted by atomic mass is 35.5. The highest BCUT2D eigenvalue weighted by molar-refractivity contribution is 6.31. The summed E-state index contributed by atoms with van der Waals surface area (Å²) in [6, 6.07) is 10.1. The van der Waals surface area contributed by atoms with Crippen LogP contribution in [0, 0.1) is 6.92 Å². The first-order valence-corrected chi connectivity index (χ1v) is 6.80. The Bertz CT molecular complexity index is 671. The van der Waals surface area contributed by atoms with Crippen LogP contribution in [0.4, 0.5) is 0 Å². The SMILES string of the molecule is COc1cccc(Cl)c1CNC(=O)c1cccc(O)c1C. The van der Waals surface area contributed by atoms with Crippen molar-refractivity contribution in [1.29, 1.82) is 0 Å². The van der Waals surface area contributed by atoms with Gasteiger partial charge in [-0.15, -0.1) is 0 Å². The second-order valence-electron chi connectivity index (χ2n) is 4.55. The number of aromatic hydroxyl groups is 1. The molecule has 110 valence electrons. The zero-order chi connectivity index (χ0) is 15.4. The third kappa shape index (κ3) is 3.28. The predicted molar refractivity (Wildman–Crippen MR) is 82.0 cm³/mol. The maximum absolute atomic E-state index is 12.2. The van der Waals surface area contributed by atoms with Gasteiger partial charge in [0.1, 0.15) is 11.5 Å². The van der Waals surface area contributed by atoms with Crippen molar-refractivity contribution < 1.29 is 14.6 Å². The van der Waals surface area contributed by atoms with Gasteiger partial charge in [-0.25, -0.2) is 0 Å². The van der Waals surface area contributed by atoms with E-state index in [9.17, 15) is 9.90 Å². The number of hydrogen-bond donors (Lipinski definition) is 2. The lowest BCUT2D eigenvalue weighted by Gasteiger charge is -2.12. The Hall–Kier alpha value is -2.20. The van der Waals surface area contributed by atoms with Crippen molar-refractivity contribution in [2.75, 3.05) is 7.11 Å². The van der Waals surface area contributed by atoms with Gasteiger partial charge in [0.2, 0.25) is 0 Å². The topological polar surface area (TPSA) is 58.6 Å². The van der Waals surface area contributed by atoms with Gasteiger partial charge in [-0.2, -0.15) is 0 Å². The second kappa shape index (κ2) is 6.50. The summed E-state index contributed by atoms with van der Waals surface area (Å²) < 4.78 is 5.23. The van der Waals surface area contributed by atoms with Gasteiger partial charge in [0.15, 0.2) is 0 Å². The summed E-state index contributed by atoms with van der Waals surface area (Å²) in [5.41, 5.74) is 1.69. The Kier molecular flexibility index (Phi) is 4.70. The molecule has 0 aliphatic carbocycles. The van der Waals surface area contributed by atoms with Crippen molar-refractivity contribution in [1.82, 2.24) is 5.32 Å². The maximum atomic E-state index is 12.2. The van der Waals surface area contributed by atoms with Gasteiger partial charge in [0, 0.05) is 28.3 Å². The van der Waals surface area contributed by atoms with Crippen molar-refractivity contribution in [2.45, 2.75) is 13.5 Å². The number of halogens is 1. The van der Waals surface area contributed by atoms with Crippen molar-refractivity contribution in [3.8, 4) is 11.5 Å². The molecule has 1 amide bonds. The van der Waals surface area contributed by atoms with Gasteiger partial charge in [0.25, 0.3) is 5.91 Å². The van der Waals surface area contributed by atoms with Crippen LogP contribution in [0.2, 0.25) is 5.02 Å². The molecule has 0 bridgehead atoms. The van der Waals surface area contributed by atoms with E-state index in [1.54, 1.807) is 50.4 Å². The van der Waals surface area contributed by atoms with Crippen LogP contribution in [0.5, 0.6) is 11.5 Å². The Balaban J connectivity index is 2.17. The van der Waals surface area contributed by atoms with Crippen LogP contribution < -0.4 is 10.1 Å². The molecule has 0 aromatic heterocycles. The van der Waals surface area contributed by atoms with Gasteiger partial charge in [0.05, 0.1) is 7.11 Å². The molecule has 0 aliphatic rings. The minimum atomic E-state index is -0.273. The fourth-order valence-electron chi connectivity index (χ4n) is 2.04. The normalized spacial score (nSPS) is 10.2. The highest BCUT2D eigenvalue weighted by Crippen LogP contribution is 2.26. The van der Waals surface area contributed by atoms with Gasteiger partial charge >= 0.3 is 0 Å². The number of phenols is 1. The zero-order valence-electron chi connectivity index (χ0n) is 11.8. The molecule has 0 saturated carbocycles. The molecule has 5 heteroatoms. The lowest BCUT2D eigenvalue weighted by atomic mass is 10.1. The summed E-state index contributed by atoms with van der Waals surface area (Å²) in [6.45, 7) is 1.94. The van der Waals surface area contributed by atoms with Crippen molar-refractivity contribution >= 4 is 17.5 Å². The quantitative estimate of drug-likeness (QED) is 0.911. The standard InChI is InChI=1S/C16H16ClNO3/c1-10-11(5-3-7-14(10)19)16(20)18-9-12-13(17)6-4-8-15(12)21-2/h3-8,19H,9H2,1-2H3,(H,18,20). The lowest BCUT2D eigenvalue weighted by Crippen LogP contribution is -2.24. The molecular weight excluding hydrogens is 290 g/mol. The Morgan fingerprint density at radius 1 is 1.29 bits per heavy atom. The number of carbonyl (C=O) groups excluding carboxylic acids is 1. The number of hydrogen-bond acceptors (Lipinski definition) is 3. The number of nitrogens with one attached hydrogen (secondary N) is 1. The van der Waals surface area contributed by atoms with E-state index in [2.05, 4.69) is 5.32 Å². The summed E-state index contributed by atoms with van der Waals surface area (Å²) in [7, 11) is 1.55. The smallest absolute Gasteiger partial charge is 0.251 e. The highest BCUT2D eigenvalue weighted by Gasteiger charge is 2.13. The summed E-state index contributed by atoms with van der Waals surface area (Å²) >= 11 is 6.12. The Morgan fingerprint density at radius 3 is 2.71 bits per heavy atom. The first-order valence-electron chi connectivity index (χ1n) is 6.42. The summed E-state index contributed by atoms with van der Waals surface area (Å²) in [5.74, 6) is 0.443. The van der Waals surface area contributed by atoms with E-state index in [0.717, 1.165) is 0 Å². The number of rotatable bonds is 4. The monoisotopic (exact) mass is 305 g/mol. The minimum Gasteiger partial charge on any atom is -0.508 e.